The number of H-pyrrole nitrogens is 1. The first-order valence-electron chi connectivity index (χ1n) is 7.36. The van der Waals surface area contributed by atoms with Crippen molar-refractivity contribution in [3.8, 4) is 12.1 Å². The van der Waals surface area contributed by atoms with Crippen molar-refractivity contribution in [2.75, 3.05) is 19.0 Å². The third-order valence-electron chi connectivity index (χ3n) is 3.47. The largest absolute Gasteiger partial charge is 0.362 e. The van der Waals surface area contributed by atoms with Crippen LogP contribution in [-0.4, -0.2) is 24.1 Å². The van der Waals surface area contributed by atoms with Crippen molar-refractivity contribution in [2.24, 2.45) is 0 Å². The van der Waals surface area contributed by atoms with E-state index in [9.17, 15) is 15.3 Å². The molecule has 0 aliphatic carbocycles. The Kier molecular flexibility index (Phi) is 5.62. The van der Waals surface area contributed by atoms with Gasteiger partial charge in [-0.2, -0.15) is 10.5 Å². The number of hydrogen-bond acceptors (Lipinski definition) is 6. The molecule has 7 heteroatoms. The van der Waals surface area contributed by atoms with Crippen LogP contribution in [0.3, 0.4) is 0 Å². The van der Waals surface area contributed by atoms with Gasteiger partial charge in [-0.15, -0.1) is 11.8 Å². The van der Waals surface area contributed by atoms with Crippen molar-refractivity contribution in [2.45, 2.75) is 24.1 Å². The number of anilines is 1. The molecule has 24 heavy (non-hydrogen) atoms. The Morgan fingerprint density at radius 1 is 1.25 bits per heavy atom. The minimum Gasteiger partial charge on any atom is -0.362 e. The van der Waals surface area contributed by atoms with Gasteiger partial charge < -0.3 is 9.88 Å². The summed E-state index contributed by atoms with van der Waals surface area (Å²) in [6, 6.07) is 7.58. The predicted octanol–water partition coefficient (Wildman–Crippen LogP) is 2.43. The summed E-state index contributed by atoms with van der Waals surface area (Å²) in [7, 11) is 3.65. The molecule has 0 bridgehead atoms. The number of aromatic amines is 1. The second-order valence-electron chi connectivity index (χ2n) is 5.29. The highest BCUT2D eigenvalue weighted by Gasteiger charge is 2.20. The molecule has 0 fully saturated rings. The van der Waals surface area contributed by atoms with Crippen molar-refractivity contribution in [3.63, 3.8) is 0 Å². The Morgan fingerprint density at radius 2 is 1.96 bits per heavy atom. The first-order valence-corrected chi connectivity index (χ1v) is 8.35. The van der Waals surface area contributed by atoms with Crippen LogP contribution >= 0.6 is 11.8 Å². The molecule has 0 aliphatic rings. The normalized spacial score (nSPS) is 10.0. The number of nitrogens with one attached hydrogen (secondary N) is 1. The molecule has 0 radical (unpaired) electrons. The van der Waals surface area contributed by atoms with Crippen LogP contribution in [0.4, 0.5) is 5.82 Å². The van der Waals surface area contributed by atoms with Crippen LogP contribution < -0.4 is 10.5 Å². The van der Waals surface area contributed by atoms with Gasteiger partial charge in [-0.05, 0) is 17.5 Å². The maximum Gasteiger partial charge on any atom is 0.247 e. The van der Waals surface area contributed by atoms with Gasteiger partial charge in [0, 0.05) is 32.1 Å². The molecule has 6 nitrogen and oxygen atoms in total. The van der Waals surface area contributed by atoms with Crippen LogP contribution in [0.25, 0.3) is 0 Å². The molecule has 0 aliphatic heterocycles. The summed E-state index contributed by atoms with van der Waals surface area (Å²) in [6.45, 7) is 1.92. The minimum absolute atomic E-state index is 0.152. The number of pyridine rings is 2. The van der Waals surface area contributed by atoms with E-state index in [0.717, 1.165) is 11.1 Å². The highest BCUT2D eigenvalue weighted by Crippen LogP contribution is 2.32. The lowest BCUT2D eigenvalue weighted by atomic mass is 10.0. The lowest BCUT2D eigenvalue weighted by molar-refractivity contribution is 0.964. The van der Waals surface area contributed by atoms with Gasteiger partial charge >= 0.3 is 0 Å². The molecule has 0 saturated carbocycles. The Balaban J connectivity index is 2.47. The fourth-order valence-electron chi connectivity index (χ4n) is 2.30. The Bertz CT molecular complexity index is 869. The summed E-state index contributed by atoms with van der Waals surface area (Å²) < 4.78 is 0. The third-order valence-corrected chi connectivity index (χ3v) is 4.52. The molecule has 0 aromatic carbocycles. The standard InChI is InChI=1S/C17H17N5OS/c1-4-12-13(7-18)16(22(2)3)21-17(14(12)8-19)24-10-11-5-6-15(23)20-9-11/h5-6,9H,4,10H2,1-3H3,(H,20,23). The Labute approximate surface area is 144 Å². The smallest absolute Gasteiger partial charge is 0.247 e. The number of nitriles is 2. The van der Waals surface area contributed by atoms with Crippen LogP contribution in [-0.2, 0) is 12.2 Å². The van der Waals surface area contributed by atoms with Gasteiger partial charge in [0.15, 0.2) is 0 Å². The quantitative estimate of drug-likeness (QED) is 0.840. The molecule has 2 heterocycles. The van der Waals surface area contributed by atoms with Crippen LogP contribution in [0.2, 0.25) is 0 Å². The average molecular weight is 339 g/mol. The van der Waals surface area contributed by atoms with Crippen LogP contribution in [0, 0.1) is 22.7 Å². The van der Waals surface area contributed by atoms with Gasteiger partial charge in [-0.1, -0.05) is 13.0 Å². The molecular weight excluding hydrogens is 322 g/mol. The molecule has 1 N–H and O–H groups in total. The fourth-order valence-corrected chi connectivity index (χ4v) is 3.24. The number of hydrogen-bond donors (Lipinski definition) is 1. The molecule has 2 aromatic rings. The summed E-state index contributed by atoms with van der Waals surface area (Å²) in [6.07, 6.45) is 2.24. The van der Waals surface area contributed by atoms with Crippen molar-refractivity contribution in [3.05, 3.63) is 50.9 Å². The molecule has 0 saturated heterocycles. The highest BCUT2D eigenvalue weighted by atomic mass is 32.2. The van der Waals surface area contributed by atoms with Gasteiger partial charge in [-0.25, -0.2) is 4.98 Å². The molecule has 2 aromatic heterocycles. The fraction of sp³-hybridized carbons (Fsp3) is 0.294. The molecule has 0 unspecified atom stereocenters. The van der Waals surface area contributed by atoms with E-state index in [4.69, 9.17) is 0 Å². The van der Waals surface area contributed by atoms with Gasteiger partial charge in [0.2, 0.25) is 5.56 Å². The number of aromatic nitrogens is 2. The van der Waals surface area contributed by atoms with E-state index in [1.165, 1.54) is 17.8 Å². The third kappa shape index (κ3) is 3.58. The zero-order chi connectivity index (χ0) is 17.7. The topological polar surface area (TPSA) is 96.6 Å². The lowest BCUT2D eigenvalue weighted by Gasteiger charge is -2.18. The lowest BCUT2D eigenvalue weighted by Crippen LogP contribution is -2.15. The zero-order valence-corrected chi connectivity index (χ0v) is 14.6. The summed E-state index contributed by atoms with van der Waals surface area (Å²) in [5.74, 6) is 1.14. The van der Waals surface area contributed by atoms with Gasteiger partial charge in [0.05, 0.1) is 11.1 Å². The average Bonchev–Trinajstić information content (AvgIpc) is 2.59. The van der Waals surface area contributed by atoms with E-state index in [-0.39, 0.29) is 5.56 Å². The Morgan fingerprint density at radius 3 is 2.46 bits per heavy atom. The molecule has 0 spiro atoms. The first kappa shape index (κ1) is 17.6. The monoisotopic (exact) mass is 339 g/mol. The van der Waals surface area contributed by atoms with Gasteiger partial charge in [0.1, 0.15) is 23.0 Å². The second kappa shape index (κ2) is 7.67. The molecule has 0 amide bonds. The zero-order valence-electron chi connectivity index (χ0n) is 13.8. The summed E-state index contributed by atoms with van der Waals surface area (Å²) in [5.41, 5.74) is 2.41. The highest BCUT2D eigenvalue weighted by molar-refractivity contribution is 7.98. The molecular formula is C17H17N5OS. The van der Waals surface area contributed by atoms with E-state index >= 15 is 0 Å². The summed E-state index contributed by atoms with van der Waals surface area (Å²) >= 11 is 1.42. The Hall–Kier alpha value is -2.77. The SMILES string of the molecule is CCc1c(C#N)c(SCc2ccc(=O)[nH]c2)nc(N(C)C)c1C#N. The molecule has 122 valence electrons. The van der Waals surface area contributed by atoms with Gasteiger partial charge in [-0.3, -0.25) is 4.79 Å². The predicted molar refractivity (Wildman–Crippen MR) is 94.0 cm³/mol. The van der Waals surface area contributed by atoms with E-state index in [1.54, 1.807) is 17.2 Å². The maximum atomic E-state index is 11.1. The minimum atomic E-state index is -0.152. The van der Waals surface area contributed by atoms with Crippen LogP contribution in [0.5, 0.6) is 0 Å². The van der Waals surface area contributed by atoms with Gasteiger partial charge in [0.25, 0.3) is 0 Å². The van der Waals surface area contributed by atoms with Crippen LogP contribution in [0.1, 0.15) is 29.2 Å². The summed E-state index contributed by atoms with van der Waals surface area (Å²) in [5, 5.41) is 19.6. The van der Waals surface area contributed by atoms with E-state index in [1.807, 2.05) is 21.0 Å². The van der Waals surface area contributed by atoms with E-state index < -0.39 is 0 Å². The van der Waals surface area contributed by atoms with Crippen LogP contribution in [0.15, 0.2) is 28.2 Å². The number of nitrogens with zero attached hydrogens (tertiary/aromatic N) is 4. The number of thioether (sulfide) groups is 1. The second-order valence-corrected chi connectivity index (χ2v) is 6.25. The van der Waals surface area contributed by atoms with Crippen molar-refractivity contribution >= 4 is 17.6 Å². The first-order chi connectivity index (χ1) is 11.5. The molecule has 2 rings (SSSR count). The van der Waals surface area contributed by atoms with E-state index in [2.05, 4.69) is 22.1 Å². The van der Waals surface area contributed by atoms with E-state index in [0.29, 0.717) is 34.1 Å². The molecule has 0 atom stereocenters. The van der Waals surface area contributed by atoms with Crippen molar-refractivity contribution in [1.29, 1.82) is 10.5 Å². The van der Waals surface area contributed by atoms with Crippen molar-refractivity contribution in [1.82, 2.24) is 9.97 Å². The summed E-state index contributed by atoms with van der Waals surface area (Å²) in [4.78, 5) is 20.1. The maximum absolute atomic E-state index is 11.1. The number of rotatable bonds is 5. The van der Waals surface area contributed by atoms with Crippen molar-refractivity contribution < 1.29 is 0 Å².